The summed E-state index contributed by atoms with van der Waals surface area (Å²) in [6, 6.07) is 6.04. The molecule has 0 saturated heterocycles. The molecular weight excluding hydrogens is 179 g/mol. The molecule has 1 rings (SSSR count). The molecule has 0 aliphatic heterocycles. The van der Waals surface area contributed by atoms with Crippen molar-refractivity contribution in [2.24, 2.45) is 0 Å². The number of carboxylic acid groups (broad SMARTS) is 1. The molecule has 0 fully saturated rings. The van der Waals surface area contributed by atoms with Crippen molar-refractivity contribution in [3.8, 4) is 5.75 Å². The Labute approximate surface area is 98.7 Å². The van der Waals surface area contributed by atoms with Crippen molar-refractivity contribution in [1.82, 2.24) is 0 Å². The van der Waals surface area contributed by atoms with Crippen LogP contribution in [0.15, 0.2) is 24.3 Å². The molecule has 0 aromatic heterocycles. The van der Waals surface area contributed by atoms with Gasteiger partial charge in [-0.1, -0.05) is 19.1 Å². The van der Waals surface area contributed by atoms with Crippen molar-refractivity contribution >= 4 is 5.97 Å². The van der Waals surface area contributed by atoms with E-state index in [4.69, 9.17) is 5.11 Å². The average molecular weight is 188 g/mol. The van der Waals surface area contributed by atoms with E-state index in [1.807, 2.05) is 0 Å². The minimum Gasteiger partial charge on any atom is -0.550 e. The maximum Gasteiger partial charge on any atom is 1.00 e. The van der Waals surface area contributed by atoms with Gasteiger partial charge in [0.2, 0.25) is 0 Å². The number of phenols is 1. The van der Waals surface area contributed by atoms with E-state index < -0.39 is 11.9 Å². The van der Waals surface area contributed by atoms with E-state index in [0.29, 0.717) is 5.56 Å². The minimum absolute atomic E-state index is 0. The van der Waals surface area contributed by atoms with Gasteiger partial charge in [-0.25, -0.2) is 0 Å². The van der Waals surface area contributed by atoms with E-state index in [0.717, 1.165) is 0 Å². The summed E-state index contributed by atoms with van der Waals surface area (Å²) in [6.45, 7) is 1.54. The summed E-state index contributed by atoms with van der Waals surface area (Å²) in [5.74, 6) is -1.62. The molecule has 1 N–H and O–H groups in total. The van der Waals surface area contributed by atoms with Crippen LogP contribution in [0.3, 0.4) is 0 Å². The van der Waals surface area contributed by atoms with Gasteiger partial charge in [-0.15, -0.1) is 0 Å². The third kappa shape index (κ3) is 3.38. The number of phenolic OH excluding ortho intramolecular Hbond substituents is 1. The van der Waals surface area contributed by atoms with Crippen LogP contribution < -0.4 is 34.7 Å². The Bertz CT molecular complexity index is 281. The number of carboxylic acids is 1. The fraction of sp³-hybridized carbons (Fsp3) is 0.222. The van der Waals surface area contributed by atoms with Gasteiger partial charge in [0.25, 0.3) is 0 Å². The van der Waals surface area contributed by atoms with E-state index in [2.05, 4.69) is 0 Å². The topological polar surface area (TPSA) is 60.4 Å². The number of hydrogen-bond donors (Lipinski definition) is 1. The van der Waals surface area contributed by atoms with Crippen molar-refractivity contribution in [2.45, 2.75) is 12.8 Å². The Morgan fingerprint density at radius 1 is 1.38 bits per heavy atom. The van der Waals surface area contributed by atoms with Crippen LogP contribution in [0, 0.1) is 0 Å². The second-order valence-electron chi connectivity index (χ2n) is 2.63. The number of rotatable bonds is 2. The second kappa shape index (κ2) is 5.27. The van der Waals surface area contributed by atoms with Crippen molar-refractivity contribution in [2.75, 3.05) is 0 Å². The first kappa shape index (κ1) is 12.5. The molecule has 64 valence electrons. The summed E-state index contributed by atoms with van der Waals surface area (Å²) in [7, 11) is 0. The minimum atomic E-state index is -1.11. The van der Waals surface area contributed by atoms with Crippen LogP contribution in [-0.2, 0) is 4.79 Å². The third-order valence-electron chi connectivity index (χ3n) is 1.75. The van der Waals surface area contributed by atoms with Crippen molar-refractivity contribution in [3.63, 3.8) is 0 Å². The zero-order valence-corrected chi connectivity index (χ0v) is 9.65. The fourth-order valence-electron chi connectivity index (χ4n) is 0.899. The van der Waals surface area contributed by atoms with Gasteiger partial charge in [0, 0.05) is 11.9 Å². The van der Waals surface area contributed by atoms with E-state index in [1.54, 1.807) is 19.1 Å². The van der Waals surface area contributed by atoms with Crippen LogP contribution in [0.1, 0.15) is 18.4 Å². The molecule has 0 amide bonds. The molecule has 0 aliphatic rings. The molecule has 1 aromatic carbocycles. The molecule has 0 heterocycles. The van der Waals surface area contributed by atoms with Crippen LogP contribution in [0.5, 0.6) is 5.75 Å². The zero-order valence-electron chi connectivity index (χ0n) is 7.65. The molecule has 0 saturated carbocycles. The van der Waals surface area contributed by atoms with E-state index in [1.165, 1.54) is 12.1 Å². The molecule has 13 heavy (non-hydrogen) atoms. The van der Waals surface area contributed by atoms with E-state index >= 15 is 0 Å². The normalized spacial score (nSPS) is 11.5. The van der Waals surface area contributed by atoms with Gasteiger partial charge in [-0.05, 0) is 17.7 Å². The SMILES string of the molecule is CC(C(=O)[O-])c1ccc(O)cc1.[Na+]. The van der Waals surface area contributed by atoms with Gasteiger partial charge in [-0.2, -0.15) is 0 Å². The summed E-state index contributed by atoms with van der Waals surface area (Å²) in [4.78, 5) is 10.4. The molecule has 3 nitrogen and oxygen atoms in total. The summed E-state index contributed by atoms with van der Waals surface area (Å²) >= 11 is 0. The van der Waals surface area contributed by atoms with E-state index in [9.17, 15) is 9.90 Å². The van der Waals surface area contributed by atoms with Gasteiger partial charge in [0.1, 0.15) is 5.75 Å². The molecule has 0 aliphatic carbocycles. The number of hydrogen-bond acceptors (Lipinski definition) is 3. The molecule has 1 aromatic rings. The zero-order chi connectivity index (χ0) is 9.14. The summed E-state index contributed by atoms with van der Waals surface area (Å²) in [6.07, 6.45) is 0. The average Bonchev–Trinajstić information content (AvgIpc) is 2.04. The monoisotopic (exact) mass is 188 g/mol. The predicted molar refractivity (Wildman–Crippen MR) is 41.5 cm³/mol. The second-order valence-corrected chi connectivity index (χ2v) is 2.63. The molecule has 4 heteroatoms. The molecule has 1 unspecified atom stereocenters. The number of aliphatic carboxylic acids is 1. The summed E-state index contributed by atoms with van der Waals surface area (Å²) < 4.78 is 0. The molecule has 1 atom stereocenters. The number of carbonyl (C=O) groups is 1. The molecule has 0 spiro atoms. The fourth-order valence-corrected chi connectivity index (χ4v) is 0.899. The van der Waals surface area contributed by atoms with Gasteiger partial charge in [-0.3, -0.25) is 0 Å². The Hall–Kier alpha value is -0.510. The first-order valence-electron chi connectivity index (χ1n) is 3.61. The maximum atomic E-state index is 10.4. The van der Waals surface area contributed by atoms with Gasteiger partial charge >= 0.3 is 29.6 Å². The number of benzene rings is 1. The van der Waals surface area contributed by atoms with Gasteiger partial charge in [0.15, 0.2) is 0 Å². The van der Waals surface area contributed by atoms with Crippen LogP contribution in [-0.4, -0.2) is 11.1 Å². The number of aromatic hydroxyl groups is 1. The molecular formula is C9H9NaO3. The quantitative estimate of drug-likeness (QED) is 0.512. The van der Waals surface area contributed by atoms with Crippen molar-refractivity contribution < 1.29 is 44.6 Å². The van der Waals surface area contributed by atoms with E-state index in [-0.39, 0.29) is 35.3 Å². The van der Waals surface area contributed by atoms with Crippen LogP contribution in [0.4, 0.5) is 0 Å². The summed E-state index contributed by atoms with van der Waals surface area (Å²) in [5.41, 5.74) is 0.632. The van der Waals surface area contributed by atoms with Gasteiger partial charge < -0.3 is 15.0 Å². The van der Waals surface area contributed by atoms with Crippen LogP contribution in [0.25, 0.3) is 0 Å². The molecule has 0 radical (unpaired) electrons. The summed E-state index contributed by atoms with van der Waals surface area (Å²) in [5, 5.41) is 19.3. The number of carbonyl (C=O) groups excluding carboxylic acids is 1. The van der Waals surface area contributed by atoms with Crippen LogP contribution in [0.2, 0.25) is 0 Å². The van der Waals surface area contributed by atoms with Crippen molar-refractivity contribution in [1.29, 1.82) is 0 Å². The first-order chi connectivity index (χ1) is 5.61. The van der Waals surface area contributed by atoms with Crippen molar-refractivity contribution in [3.05, 3.63) is 29.8 Å². The third-order valence-corrected chi connectivity index (χ3v) is 1.75. The van der Waals surface area contributed by atoms with Crippen LogP contribution >= 0.6 is 0 Å². The predicted octanol–water partition coefficient (Wildman–Crippen LogP) is -2.75. The Kier molecular flexibility index (Phi) is 5.06. The first-order valence-corrected chi connectivity index (χ1v) is 3.61. The largest absolute Gasteiger partial charge is 1.00 e. The smallest absolute Gasteiger partial charge is 0.550 e. The standard InChI is InChI=1S/C9H10O3.Na/c1-6(9(11)12)7-2-4-8(10)5-3-7;/h2-6,10H,1H3,(H,11,12);/q;+1/p-1. The maximum absolute atomic E-state index is 10.4. The Morgan fingerprint density at radius 2 is 1.85 bits per heavy atom. The Balaban J connectivity index is 0.00000144. The molecule has 0 bridgehead atoms. The van der Waals surface area contributed by atoms with Gasteiger partial charge in [0.05, 0.1) is 0 Å². The Morgan fingerprint density at radius 3 is 2.23 bits per heavy atom.